The predicted octanol–water partition coefficient (Wildman–Crippen LogP) is 4.39. The van der Waals surface area contributed by atoms with E-state index in [4.69, 9.17) is 11.6 Å². The van der Waals surface area contributed by atoms with Crippen LogP contribution in [0.1, 0.15) is 37.7 Å². The molecule has 0 spiro atoms. The second-order valence-electron chi connectivity index (χ2n) is 6.91. The molecule has 0 aromatic heterocycles. The molecule has 1 aliphatic rings. The summed E-state index contributed by atoms with van der Waals surface area (Å²) in [5.74, 6) is -0.136. The molecule has 0 saturated heterocycles. The first-order valence-corrected chi connectivity index (χ1v) is 7.46. The molecule has 1 nitrogen and oxygen atoms in total. The van der Waals surface area contributed by atoms with E-state index < -0.39 is 0 Å². The van der Waals surface area contributed by atoms with E-state index in [2.05, 4.69) is 21.1 Å². The SMILES string of the molecule is C[N+](C)(C)CC1(c2ccc(Cl)cc2F)CCCCC1. The van der Waals surface area contributed by atoms with Gasteiger partial charge in [-0.25, -0.2) is 4.39 Å². The third-order valence-electron chi connectivity index (χ3n) is 4.09. The van der Waals surface area contributed by atoms with E-state index in [1.54, 1.807) is 0 Å². The van der Waals surface area contributed by atoms with E-state index in [0.717, 1.165) is 29.4 Å². The average Bonchev–Trinajstić information content (AvgIpc) is 2.27. The van der Waals surface area contributed by atoms with Gasteiger partial charge in [-0.3, -0.25) is 0 Å². The molecule has 0 bridgehead atoms. The van der Waals surface area contributed by atoms with Crippen LogP contribution in [0, 0.1) is 5.82 Å². The fourth-order valence-corrected chi connectivity index (χ4v) is 3.73. The lowest BCUT2D eigenvalue weighted by atomic mass is 9.68. The minimum Gasteiger partial charge on any atom is -0.330 e. The molecule has 0 unspecified atom stereocenters. The summed E-state index contributed by atoms with van der Waals surface area (Å²) >= 11 is 5.89. The van der Waals surface area contributed by atoms with Crippen molar-refractivity contribution in [2.75, 3.05) is 27.7 Å². The van der Waals surface area contributed by atoms with Gasteiger partial charge in [0.05, 0.1) is 27.7 Å². The van der Waals surface area contributed by atoms with Gasteiger partial charge in [0.15, 0.2) is 0 Å². The fraction of sp³-hybridized carbons (Fsp3) is 0.625. The van der Waals surface area contributed by atoms with Crippen LogP contribution >= 0.6 is 11.6 Å². The van der Waals surface area contributed by atoms with Gasteiger partial charge in [-0.15, -0.1) is 0 Å². The van der Waals surface area contributed by atoms with Crippen molar-refractivity contribution >= 4 is 11.6 Å². The molecule has 19 heavy (non-hydrogen) atoms. The molecule has 1 aromatic rings. The zero-order valence-electron chi connectivity index (χ0n) is 12.2. The number of likely N-dealkylation sites (N-methyl/N-ethyl adjacent to an activating group) is 1. The zero-order chi connectivity index (χ0) is 14.1. The van der Waals surface area contributed by atoms with Gasteiger partial charge in [-0.2, -0.15) is 0 Å². The van der Waals surface area contributed by atoms with E-state index in [9.17, 15) is 4.39 Å². The average molecular weight is 285 g/mol. The Morgan fingerprint density at radius 1 is 1.16 bits per heavy atom. The Bertz CT molecular complexity index is 445. The van der Waals surface area contributed by atoms with E-state index in [1.165, 1.54) is 25.3 Å². The second-order valence-corrected chi connectivity index (χ2v) is 7.35. The van der Waals surface area contributed by atoms with Crippen LogP contribution in [0.25, 0.3) is 0 Å². The Labute approximate surface area is 121 Å². The van der Waals surface area contributed by atoms with Gasteiger partial charge in [0.1, 0.15) is 5.82 Å². The summed E-state index contributed by atoms with van der Waals surface area (Å²) in [5.41, 5.74) is 0.843. The Balaban J connectivity index is 2.41. The first-order chi connectivity index (χ1) is 8.82. The summed E-state index contributed by atoms with van der Waals surface area (Å²) in [6, 6.07) is 5.19. The van der Waals surface area contributed by atoms with E-state index >= 15 is 0 Å². The quantitative estimate of drug-likeness (QED) is 0.722. The molecule has 0 amide bonds. The summed E-state index contributed by atoms with van der Waals surface area (Å²) < 4.78 is 15.2. The highest BCUT2D eigenvalue weighted by Gasteiger charge is 2.40. The third-order valence-corrected chi connectivity index (χ3v) is 4.33. The van der Waals surface area contributed by atoms with Crippen molar-refractivity contribution in [1.82, 2.24) is 0 Å². The third kappa shape index (κ3) is 3.49. The Hall–Kier alpha value is -0.600. The van der Waals surface area contributed by atoms with Gasteiger partial charge < -0.3 is 4.48 Å². The molecule has 0 N–H and O–H groups in total. The van der Waals surface area contributed by atoms with Crippen molar-refractivity contribution in [3.05, 3.63) is 34.6 Å². The number of nitrogens with zero attached hydrogens (tertiary/aromatic N) is 1. The van der Waals surface area contributed by atoms with Crippen LogP contribution < -0.4 is 0 Å². The standard InChI is InChI=1S/C16H24ClFN/c1-19(2,3)12-16(9-5-4-6-10-16)14-8-7-13(17)11-15(14)18/h7-8,11H,4-6,9-10,12H2,1-3H3/q+1. The van der Waals surface area contributed by atoms with Crippen molar-refractivity contribution in [3.8, 4) is 0 Å². The van der Waals surface area contributed by atoms with Crippen LogP contribution in [0.5, 0.6) is 0 Å². The van der Waals surface area contributed by atoms with E-state index in [1.807, 2.05) is 12.1 Å². The van der Waals surface area contributed by atoms with Crippen molar-refractivity contribution in [1.29, 1.82) is 0 Å². The smallest absolute Gasteiger partial charge is 0.128 e. The molecule has 0 aliphatic heterocycles. The summed E-state index contributed by atoms with van der Waals surface area (Å²) in [5, 5.41) is 0.484. The molecule has 0 atom stereocenters. The maximum Gasteiger partial charge on any atom is 0.128 e. The highest BCUT2D eigenvalue weighted by molar-refractivity contribution is 6.30. The van der Waals surface area contributed by atoms with Gasteiger partial charge in [-0.1, -0.05) is 36.9 Å². The molecule has 2 rings (SSSR count). The maximum absolute atomic E-state index is 14.4. The summed E-state index contributed by atoms with van der Waals surface area (Å²) in [7, 11) is 6.55. The topological polar surface area (TPSA) is 0 Å². The fourth-order valence-electron chi connectivity index (χ4n) is 3.57. The first-order valence-electron chi connectivity index (χ1n) is 7.08. The molecular formula is C16H24ClFN+. The van der Waals surface area contributed by atoms with Crippen LogP contribution in [-0.2, 0) is 5.41 Å². The van der Waals surface area contributed by atoms with Gasteiger partial charge in [0, 0.05) is 10.4 Å². The number of rotatable bonds is 3. The molecular weight excluding hydrogens is 261 g/mol. The van der Waals surface area contributed by atoms with E-state index in [-0.39, 0.29) is 11.2 Å². The lowest BCUT2D eigenvalue weighted by Gasteiger charge is -2.42. The molecule has 0 radical (unpaired) electrons. The normalized spacial score (nSPS) is 19.4. The van der Waals surface area contributed by atoms with Crippen LogP contribution in [0.15, 0.2) is 18.2 Å². The second kappa shape index (κ2) is 5.41. The minimum atomic E-state index is -0.136. The summed E-state index contributed by atoms with van der Waals surface area (Å²) in [6.07, 6.45) is 5.83. The van der Waals surface area contributed by atoms with Crippen molar-refractivity contribution in [2.24, 2.45) is 0 Å². The Morgan fingerprint density at radius 2 is 1.79 bits per heavy atom. The molecule has 1 aromatic carbocycles. The highest BCUT2D eigenvalue weighted by atomic mass is 35.5. The van der Waals surface area contributed by atoms with Gasteiger partial charge >= 0.3 is 0 Å². The lowest BCUT2D eigenvalue weighted by Crippen LogP contribution is -2.48. The highest BCUT2D eigenvalue weighted by Crippen LogP contribution is 2.42. The van der Waals surface area contributed by atoms with Gasteiger partial charge in [-0.05, 0) is 30.5 Å². The molecule has 1 aliphatic carbocycles. The van der Waals surface area contributed by atoms with E-state index in [0.29, 0.717) is 5.02 Å². The number of quaternary nitrogens is 1. The van der Waals surface area contributed by atoms with Crippen LogP contribution in [-0.4, -0.2) is 32.2 Å². The molecule has 1 saturated carbocycles. The van der Waals surface area contributed by atoms with Gasteiger partial charge in [0.25, 0.3) is 0 Å². The molecule has 0 heterocycles. The molecule has 106 valence electrons. The monoisotopic (exact) mass is 284 g/mol. The minimum absolute atomic E-state index is 0.0226. The number of benzene rings is 1. The predicted molar refractivity (Wildman–Crippen MR) is 79.1 cm³/mol. The molecule has 3 heteroatoms. The largest absolute Gasteiger partial charge is 0.330 e. The number of hydrogen-bond acceptors (Lipinski definition) is 0. The zero-order valence-corrected chi connectivity index (χ0v) is 12.9. The number of hydrogen-bond donors (Lipinski definition) is 0. The van der Waals surface area contributed by atoms with Crippen molar-refractivity contribution < 1.29 is 8.87 Å². The Morgan fingerprint density at radius 3 is 2.32 bits per heavy atom. The van der Waals surface area contributed by atoms with Gasteiger partial charge in [0.2, 0.25) is 0 Å². The molecule has 1 fully saturated rings. The maximum atomic E-state index is 14.4. The van der Waals surface area contributed by atoms with Crippen LogP contribution in [0.3, 0.4) is 0 Å². The Kier molecular flexibility index (Phi) is 4.22. The van der Waals surface area contributed by atoms with Crippen molar-refractivity contribution in [2.45, 2.75) is 37.5 Å². The lowest BCUT2D eigenvalue weighted by molar-refractivity contribution is -0.875. The van der Waals surface area contributed by atoms with Crippen LogP contribution in [0.4, 0.5) is 4.39 Å². The van der Waals surface area contributed by atoms with Crippen LogP contribution in [0.2, 0.25) is 5.02 Å². The summed E-state index contributed by atoms with van der Waals surface area (Å²) in [6.45, 7) is 0.978. The summed E-state index contributed by atoms with van der Waals surface area (Å²) in [4.78, 5) is 0. The number of halogens is 2. The first kappa shape index (κ1) is 14.8. The van der Waals surface area contributed by atoms with Crippen molar-refractivity contribution in [3.63, 3.8) is 0 Å².